The maximum atomic E-state index is 4.50. The molecule has 5 atom stereocenters. The van der Waals surface area contributed by atoms with Crippen LogP contribution in [0.1, 0.15) is 49.6 Å². The molecule has 0 fully saturated rings. The molecular weight excluding hydrogens is 559 g/mol. The van der Waals surface area contributed by atoms with E-state index in [1.54, 1.807) is 0 Å². The lowest BCUT2D eigenvalue weighted by atomic mass is 9.74. The SMILES string of the molecule is C=C/C=C\C1=C(C)SC2C(C3=C/C(=C)NC4C=C(c5cccc6c(/C=C\C)c(C=C)sc56)C=CC4C/C=C\3)=CCC(C)C12. The summed E-state index contributed by atoms with van der Waals surface area (Å²) in [6, 6.07) is 6.84. The largest absolute Gasteiger partial charge is 0.379 e. The highest BCUT2D eigenvalue weighted by Gasteiger charge is 2.41. The maximum absolute atomic E-state index is 4.50. The van der Waals surface area contributed by atoms with Gasteiger partial charge in [-0.2, -0.15) is 0 Å². The number of fused-ring (bicyclic) bond motifs is 3. The van der Waals surface area contributed by atoms with Crippen LogP contribution in [0.5, 0.6) is 0 Å². The highest BCUT2D eigenvalue weighted by molar-refractivity contribution is 8.04. The van der Waals surface area contributed by atoms with Gasteiger partial charge in [0.05, 0.1) is 6.04 Å². The summed E-state index contributed by atoms with van der Waals surface area (Å²) in [6.45, 7) is 19.2. The van der Waals surface area contributed by atoms with E-state index in [0.717, 1.165) is 18.5 Å². The first-order chi connectivity index (χ1) is 20.9. The Bertz CT molecular complexity index is 1730. The molecule has 2 aliphatic heterocycles. The van der Waals surface area contributed by atoms with Crippen LogP contribution in [0.25, 0.3) is 27.8 Å². The van der Waals surface area contributed by atoms with E-state index in [4.69, 9.17) is 0 Å². The highest BCUT2D eigenvalue weighted by Crippen LogP contribution is 2.53. The Kier molecular flexibility index (Phi) is 8.66. The van der Waals surface area contributed by atoms with Crippen molar-refractivity contribution in [2.45, 2.75) is 44.9 Å². The average molecular weight is 600 g/mol. The number of hydrogen-bond acceptors (Lipinski definition) is 3. The van der Waals surface area contributed by atoms with Crippen molar-refractivity contribution in [1.29, 1.82) is 0 Å². The van der Waals surface area contributed by atoms with Gasteiger partial charge in [-0.1, -0.05) is 118 Å². The zero-order chi connectivity index (χ0) is 30.1. The molecule has 3 heteroatoms. The Hall–Kier alpha value is -3.53. The summed E-state index contributed by atoms with van der Waals surface area (Å²) in [7, 11) is 0. The molecule has 5 unspecified atom stereocenters. The van der Waals surface area contributed by atoms with Crippen LogP contribution in [0.2, 0.25) is 0 Å². The molecule has 1 nitrogen and oxygen atoms in total. The molecule has 0 saturated carbocycles. The van der Waals surface area contributed by atoms with Crippen molar-refractivity contribution in [1.82, 2.24) is 5.32 Å². The predicted octanol–water partition coefficient (Wildman–Crippen LogP) is 11.2. The van der Waals surface area contributed by atoms with E-state index in [0.29, 0.717) is 23.0 Å². The van der Waals surface area contributed by atoms with Crippen LogP contribution in [-0.4, -0.2) is 11.3 Å². The Morgan fingerprint density at radius 3 is 2.72 bits per heavy atom. The standard InChI is InChI=1S/C40H41NS2/c1-7-10-16-31-27(6)42-40-33(22-19-25(4)38(31)40)29-15-11-14-28-20-21-30(24-36(28)41-26(5)23-29)32-17-12-18-35-34(13-8-2)37(9-3)43-39(32)35/h7-13,15-18,20-25,28,36,38,40-41H,1,3,5,14,19H2,2,4,6H3/b13-8-,15-11-,16-10-,29-23+. The summed E-state index contributed by atoms with van der Waals surface area (Å²) in [5.74, 6) is 1.50. The molecule has 0 saturated heterocycles. The third-order valence-corrected chi connectivity index (χ3v) is 11.8. The van der Waals surface area contributed by atoms with Crippen molar-refractivity contribution in [3.63, 3.8) is 0 Å². The fraction of sp³-hybridized carbons (Fsp3) is 0.250. The molecule has 0 spiro atoms. The zero-order valence-corrected chi connectivity index (χ0v) is 27.1. The molecule has 0 bridgehead atoms. The molecule has 2 aromatic rings. The first-order valence-electron chi connectivity index (χ1n) is 15.3. The second kappa shape index (κ2) is 12.6. The van der Waals surface area contributed by atoms with Gasteiger partial charge in [0, 0.05) is 37.7 Å². The molecule has 2 aliphatic carbocycles. The molecule has 0 amide bonds. The Morgan fingerprint density at radius 2 is 1.93 bits per heavy atom. The Labute approximate surface area is 265 Å². The number of benzene rings is 1. The first kappa shape index (κ1) is 29.5. The third-order valence-electron chi connectivity index (χ3n) is 9.11. The summed E-state index contributed by atoms with van der Waals surface area (Å²) in [6.07, 6.45) is 31.2. The van der Waals surface area contributed by atoms with Crippen LogP contribution in [-0.2, 0) is 0 Å². The van der Waals surface area contributed by atoms with Crippen molar-refractivity contribution < 1.29 is 0 Å². The summed E-state index contributed by atoms with van der Waals surface area (Å²) in [4.78, 5) is 2.66. The monoisotopic (exact) mass is 599 g/mol. The lowest BCUT2D eigenvalue weighted by Gasteiger charge is -2.33. The van der Waals surface area contributed by atoms with Crippen LogP contribution in [0.15, 0.2) is 132 Å². The third kappa shape index (κ3) is 5.61. The second-order valence-electron chi connectivity index (χ2n) is 11.9. The van der Waals surface area contributed by atoms with Gasteiger partial charge in [0.15, 0.2) is 0 Å². The summed E-state index contributed by atoms with van der Waals surface area (Å²) in [5.41, 5.74) is 8.99. The molecule has 1 N–H and O–H groups in total. The maximum Gasteiger partial charge on any atom is 0.0518 e. The lowest BCUT2D eigenvalue weighted by molar-refractivity contribution is 0.411. The molecule has 1 aromatic heterocycles. The minimum atomic E-state index is 0.172. The smallest absolute Gasteiger partial charge is 0.0518 e. The molecule has 43 heavy (non-hydrogen) atoms. The quantitative estimate of drug-likeness (QED) is 0.332. The van der Waals surface area contributed by atoms with Gasteiger partial charge in [-0.3, -0.25) is 0 Å². The molecule has 4 aliphatic rings. The lowest BCUT2D eigenvalue weighted by Crippen LogP contribution is -2.34. The summed E-state index contributed by atoms with van der Waals surface area (Å²) >= 11 is 3.86. The minimum Gasteiger partial charge on any atom is -0.379 e. The minimum absolute atomic E-state index is 0.172. The van der Waals surface area contributed by atoms with Crippen LogP contribution < -0.4 is 5.32 Å². The van der Waals surface area contributed by atoms with Gasteiger partial charge in [-0.15, -0.1) is 23.1 Å². The summed E-state index contributed by atoms with van der Waals surface area (Å²) < 4.78 is 1.32. The van der Waals surface area contributed by atoms with Crippen molar-refractivity contribution in [3.8, 4) is 0 Å². The zero-order valence-electron chi connectivity index (χ0n) is 25.5. The van der Waals surface area contributed by atoms with E-state index in [1.165, 1.54) is 53.3 Å². The van der Waals surface area contributed by atoms with E-state index in [1.807, 2.05) is 35.3 Å². The van der Waals surface area contributed by atoms with Crippen LogP contribution in [0, 0.1) is 17.8 Å². The molecular formula is C40H41NS2. The number of nitrogens with one attached hydrogen (secondary N) is 1. The van der Waals surface area contributed by atoms with Gasteiger partial charge in [0.2, 0.25) is 0 Å². The normalized spacial score (nSPS) is 29.2. The van der Waals surface area contributed by atoms with Gasteiger partial charge in [0.25, 0.3) is 0 Å². The van der Waals surface area contributed by atoms with E-state index in [-0.39, 0.29) is 6.04 Å². The van der Waals surface area contributed by atoms with Crippen LogP contribution >= 0.6 is 23.1 Å². The van der Waals surface area contributed by atoms with Crippen molar-refractivity contribution in [2.24, 2.45) is 17.8 Å². The number of hydrogen-bond donors (Lipinski definition) is 1. The van der Waals surface area contributed by atoms with Crippen molar-refractivity contribution in [2.75, 3.05) is 0 Å². The topological polar surface area (TPSA) is 12.0 Å². The number of thiophene rings is 1. The van der Waals surface area contributed by atoms with Crippen molar-refractivity contribution >= 4 is 50.9 Å². The van der Waals surface area contributed by atoms with E-state index in [2.05, 4.69) is 131 Å². The molecule has 3 heterocycles. The highest BCUT2D eigenvalue weighted by atomic mass is 32.2. The van der Waals surface area contributed by atoms with E-state index in [9.17, 15) is 0 Å². The predicted molar refractivity (Wildman–Crippen MR) is 194 cm³/mol. The second-order valence-corrected chi connectivity index (χ2v) is 14.3. The first-order valence-corrected chi connectivity index (χ1v) is 17.0. The Morgan fingerprint density at radius 1 is 1.07 bits per heavy atom. The number of allylic oxidation sites excluding steroid dienone is 13. The van der Waals surface area contributed by atoms with E-state index < -0.39 is 0 Å². The van der Waals surface area contributed by atoms with Crippen LogP contribution in [0.3, 0.4) is 0 Å². The average Bonchev–Trinajstić information content (AvgIpc) is 3.55. The van der Waals surface area contributed by atoms with E-state index >= 15 is 0 Å². The molecule has 1 aromatic carbocycles. The molecule has 6 rings (SSSR count). The van der Waals surface area contributed by atoms with Gasteiger partial charge >= 0.3 is 0 Å². The number of thioether (sulfide) groups is 1. The van der Waals surface area contributed by atoms with Crippen LogP contribution in [0.4, 0.5) is 0 Å². The van der Waals surface area contributed by atoms with Crippen molar-refractivity contribution in [3.05, 3.63) is 148 Å². The summed E-state index contributed by atoms with van der Waals surface area (Å²) in [5, 5.41) is 5.54. The molecule has 218 valence electrons. The van der Waals surface area contributed by atoms with Gasteiger partial charge in [-0.25, -0.2) is 0 Å². The van der Waals surface area contributed by atoms with Gasteiger partial charge in [-0.05, 0) is 77.0 Å². The fourth-order valence-corrected chi connectivity index (χ4v) is 9.84. The molecule has 0 radical (unpaired) electrons. The Balaban J connectivity index is 1.30. The number of rotatable bonds is 6. The fourth-order valence-electron chi connectivity index (χ4n) is 7.02. The van der Waals surface area contributed by atoms with Gasteiger partial charge in [0.1, 0.15) is 0 Å². The van der Waals surface area contributed by atoms with Gasteiger partial charge < -0.3 is 5.32 Å².